The fourth-order valence-corrected chi connectivity index (χ4v) is 3.67. The monoisotopic (exact) mass is 390 g/mol. The first-order chi connectivity index (χ1) is 13.1. The largest absolute Gasteiger partial charge is 0.338 e. The van der Waals surface area contributed by atoms with Crippen molar-refractivity contribution in [2.24, 2.45) is 0 Å². The zero-order chi connectivity index (χ0) is 18.8. The number of aromatic amines is 1. The van der Waals surface area contributed by atoms with E-state index >= 15 is 0 Å². The minimum Gasteiger partial charge on any atom is -0.338 e. The van der Waals surface area contributed by atoms with Crippen molar-refractivity contribution >= 4 is 34.7 Å². The molecule has 3 aromatic rings. The van der Waals surface area contributed by atoms with Crippen LogP contribution in [0.5, 0.6) is 0 Å². The third-order valence-corrected chi connectivity index (χ3v) is 5.16. The van der Waals surface area contributed by atoms with Gasteiger partial charge in [-0.3, -0.25) is 4.79 Å². The Balaban J connectivity index is 1.32. The summed E-state index contributed by atoms with van der Waals surface area (Å²) < 4.78 is 26.5. The number of thioether (sulfide) groups is 1. The first kappa shape index (κ1) is 17.7. The quantitative estimate of drug-likeness (QED) is 0.688. The number of hydrogen-bond acceptors (Lipinski definition) is 6. The number of nitrogens with zero attached hydrogens (tertiary/aromatic N) is 5. The lowest BCUT2D eigenvalue weighted by Crippen LogP contribution is -2.49. The summed E-state index contributed by atoms with van der Waals surface area (Å²) in [7, 11) is 0. The second-order valence-electron chi connectivity index (χ2n) is 6.03. The van der Waals surface area contributed by atoms with Gasteiger partial charge in [-0.2, -0.15) is 0 Å². The Morgan fingerprint density at radius 2 is 1.81 bits per heavy atom. The van der Waals surface area contributed by atoms with Crippen LogP contribution < -0.4 is 4.90 Å². The van der Waals surface area contributed by atoms with Gasteiger partial charge in [0, 0.05) is 50.7 Å². The van der Waals surface area contributed by atoms with E-state index in [1.807, 2.05) is 4.90 Å². The second-order valence-corrected chi connectivity index (χ2v) is 6.99. The number of rotatable bonds is 4. The van der Waals surface area contributed by atoms with Gasteiger partial charge >= 0.3 is 0 Å². The number of anilines is 1. The van der Waals surface area contributed by atoms with Crippen LogP contribution in [0.1, 0.15) is 0 Å². The van der Waals surface area contributed by atoms with Crippen LogP contribution in [0.4, 0.5) is 14.7 Å². The maximum absolute atomic E-state index is 13.3. The lowest BCUT2D eigenvalue weighted by Gasteiger charge is -2.34. The smallest absolute Gasteiger partial charge is 0.233 e. The van der Waals surface area contributed by atoms with Crippen molar-refractivity contribution in [3.63, 3.8) is 0 Å². The topological polar surface area (TPSA) is 78.0 Å². The number of carbonyl (C=O) groups is 1. The van der Waals surface area contributed by atoms with Gasteiger partial charge in [-0.15, -0.1) is 0 Å². The number of carbonyl (C=O) groups excluding carboxylic acids is 1. The number of aromatic nitrogens is 4. The van der Waals surface area contributed by atoms with E-state index in [4.69, 9.17) is 0 Å². The predicted molar refractivity (Wildman–Crippen MR) is 97.6 cm³/mol. The molecule has 1 fully saturated rings. The van der Waals surface area contributed by atoms with E-state index in [-0.39, 0.29) is 11.7 Å². The highest BCUT2D eigenvalue weighted by molar-refractivity contribution is 7.99. The molecule has 0 aliphatic carbocycles. The number of piperazine rings is 1. The Bertz CT molecular complexity index is 920. The molecule has 10 heteroatoms. The standard InChI is InChI=1S/C17H16F2N6OS/c18-11-8-13-14(9-12(11)19)23-17(22-13)27-10-15(26)24-4-6-25(7-5-24)16-20-2-1-3-21-16/h1-3,8-9H,4-7,10H2,(H,22,23). The van der Waals surface area contributed by atoms with Gasteiger partial charge in [0.05, 0.1) is 16.8 Å². The molecule has 1 amide bonds. The molecule has 1 N–H and O–H groups in total. The van der Waals surface area contributed by atoms with E-state index in [1.54, 1.807) is 23.4 Å². The van der Waals surface area contributed by atoms with Crippen molar-refractivity contribution in [1.82, 2.24) is 24.8 Å². The van der Waals surface area contributed by atoms with Crippen molar-refractivity contribution in [3.8, 4) is 0 Å². The highest BCUT2D eigenvalue weighted by atomic mass is 32.2. The highest BCUT2D eigenvalue weighted by Crippen LogP contribution is 2.22. The summed E-state index contributed by atoms with van der Waals surface area (Å²) in [6, 6.07) is 3.87. The number of halogens is 2. The summed E-state index contributed by atoms with van der Waals surface area (Å²) in [5.74, 6) is -1.01. The predicted octanol–water partition coefficient (Wildman–Crippen LogP) is 2.07. The van der Waals surface area contributed by atoms with Gasteiger partial charge in [0.15, 0.2) is 16.8 Å². The normalized spacial score (nSPS) is 14.7. The summed E-state index contributed by atoms with van der Waals surface area (Å²) in [6.45, 7) is 2.52. The van der Waals surface area contributed by atoms with Crippen molar-refractivity contribution in [1.29, 1.82) is 0 Å². The van der Waals surface area contributed by atoms with Crippen LogP contribution in [0, 0.1) is 11.6 Å². The van der Waals surface area contributed by atoms with Crippen molar-refractivity contribution in [2.75, 3.05) is 36.8 Å². The molecule has 0 saturated carbocycles. The minimum absolute atomic E-state index is 0.00792. The van der Waals surface area contributed by atoms with Crippen molar-refractivity contribution in [3.05, 3.63) is 42.2 Å². The van der Waals surface area contributed by atoms with Gasteiger partial charge < -0.3 is 14.8 Å². The molecule has 7 nitrogen and oxygen atoms in total. The molecule has 3 heterocycles. The maximum Gasteiger partial charge on any atom is 0.233 e. The zero-order valence-corrected chi connectivity index (χ0v) is 15.0. The van der Waals surface area contributed by atoms with Gasteiger partial charge in [0.1, 0.15) is 0 Å². The lowest BCUT2D eigenvalue weighted by atomic mass is 10.3. The SMILES string of the molecule is O=C(CSc1nc2cc(F)c(F)cc2[nH]1)N1CCN(c2ncccn2)CC1. The van der Waals surface area contributed by atoms with Gasteiger partial charge in [-0.1, -0.05) is 11.8 Å². The van der Waals surface area contributed by atoms with Crippen LogP contribution in [0.2, 0.25) is 0 Å². The third kappa shape index (κ3) is 3.85. The molecule has 0 unspecified atom stereocenters. The lowest BCUT2D eigenvalue weighted by molar-refractivity contribution is -0.128. The molecule has 1 aliphatic rings. The highest BCUT2D eigenvalue weighted by Gasteiger charge is 2.22. The van der Waals surface area contributed by atoms with E-state index in [9.17, 15) is 13.6 Å². The molecule has 0 atom stereocenters. The van der Waals surface area contributed by atoms with Gasteiger partial charge in [-0.25, -0.2) is 23.7 Å². The first-order valence-corrected chi connectivity index (χ1v) is 9.36. The van der Waals surface area contributed by atoms with Crippen LogP contribution in [0.25, 0.3) is 11.0 Å². The van der Waals surface area contributed by atoms with E-state index in [0.29, 0.717) is 48.3 Å². The average molecular weight is 390 g/mol. The molecule has 2 aromatic heterocycles. The third-order valence-electron chi connectivity index (χ3n) is 4.30. The van der Waals surface area contributed by atoms with Gasteiger partial charge in [-0.05, 0) is 6.07 Å². The van der Waals surface area contributed by atoms with E-state index in [2.05, 4.69) is 19.9 Å². The molecule has 27 heavy (non-hydrogen) atoms. The second kappa shape index (κ2) is 7.47. The minimum atomic E-state index is -0.943. The molecule has 1 saturated heterocycles. The number of imidazole rings is 1. The molecule has 0 radical (unpaired) electrons. The summed E-state index contributed by atoms with van der Waals surface area (Å²) >= 11 is 1.22. The summed E-state index contributed by atoms with van der Waals surface area (Å²) in [5, 5.41) is 0.458. The van der Waals surface area contributed by atoms with Crippen molar-refractivity contribution in [2.45, 2.75) is 5.16 Å². The number of nitrogens with one attached hydrogen (secondary N) is 1. The molecular formula is C17H16F2N6OS. The number of H-pyrrole nitrogens is 1. The molecule has 140 valence electrons. The molecule has 0 spiro atoms. The molecule has 0 bridgehead atoms. The Morgan fingerprint density at radius 3 is 2.56 bits per heavy atom. The molecule has 4 rings (SSSR count). The Labute approximate surface area is 157 Å². The fourth-order valence-electron chi connectivity index (χ4n) is 2.88. The Hall–Kier alpha value is -2.75. The fraction of sp³-hybridized carbons (Fsp3) is 0.294. The molecule has 1 aliphatic heterocycles. The Kier molecular flexibility index (Phi) is 4.88. The van der Waals surface area contributed by atoms with Crippen LogP contribution in [-0.4, -0.2) is 62.7 Å². The summed E-state index contributed by atoms with van der Waals surface area (Å²) in [4.78, 5) is 31.8. The van der Waals surface area contributed by atoms with E-state index in [0.717, 1.165) is 12.1 Å². The number of amides is 1. The van der Waals surface area contributed by atoms with Gasteiger partial charge in [0.2, 0.25) is 11.9 Å². The maximum atomic E-state index is 13.3. The number of hydrogen-bond donors (Lipinski definition) is 1. The van der Waals surface area contributed by atoms with Crippen LogP contribution in [0.3, 0.4) is 0 Å². The number of fused-ring (bicyclic) bond motifs is 1. The summed E-state index contributed by atoms with van der Waals surface area (Å²) in [5.41, 5.74) is 0.737. The molecule has 1 aromatic carbocycles. The average Bonchev–Trinajstić information content (AvgIpc) is 3.09. The zero-order valence-electron chi connectivity index (χ0n) is 14.2. The van der Waals surface area contributed by atoms with Crippen LogP contribution >= 0.6 is 11.8 Å². The first-order valence-electron chi connectivity index (χ1n) is 8.37. The van der Waals surface area contributed by atoms with Crippen LogP contribution in [-0.2, 0) is 4.79 Å². The van der Waals surface area contributed by atoms with Crippen molar-refractivity contribution < 1.29 is 13.6 Å². The van der Waals surface area contributed by atoms with E-state index in [1.165, 1.54) is 11.8 Å². The van der Waals surface area contributed by atoms with Gasteiger partial charge in [0.25, 0.3) is 0 Å². The number of benzene rings is 1. The van der Waals surface area contributed by atoms with Crippen LogP contribution in [0.15, 0.2) is 35.7 Å². The molecular weight excluding hydrogens is 374 g/mol. The Morgan fingerprint density at radius 1 is 1.11 bits per heavy atom. The summed E-state index contributed by atoms with van der Waals surface area (Å²) in [6.07, 6.45) is 3.39. The van der Waals surface area contributed by atoms with E-state index < -0.39 is 11.6 Å².